The number of rotatable bonds is 6. The standard InChI is InChI=1S/C22H31N5O/c1-16(2)22(28)27-9-4-5-18(8-10-27)12-23-24-13-20-11-19(7-6-17(20)3)21-14-25-26-15-21/h6-7,11,13-16,18,23H,4-5,8-10,12H2,1-3H3,(H,25,26)/b24-13-. The van der Waals surface area contributed by atoms with Crippen LogP contribution in [0.3, 0.4) is 0 Å². The third-order valence-electron chi connectivity index (χ3n) is 5.44. The summed E-state index contributed by atoms with van der Waals surface area (Å²) in [5.41, 5.74) is 7.71. The molecule has 1 aliphatic rings. The number of carbonyl (C=O) groups excluding carboxylic acids is 1. The molecule has 1 saturated heterocycles. The van der Waals surface area contributed by atoms with Gasteiger partial charge in [-0.1, -0.05) is 26.0 Å². The SMILES string of the molecule is Cc1ccc(-c2cn[nH]c2)cc1/C=N\NCC1CCCN(C(=O)C(C)C)CC1. The van der Waals surface area contributed by atoms with Crippen LogP contribution in [0.5, 0.6) is 0 Å². The zero-order valence-electron chi connectivity index (χ0n) is 17.1. The highest BCUT2D eigenvalue weighted by Gasteiger charge is 2.21. The summed E-state index contributed by atoms with van der Waals surface area (Å²) in [6.45, 7) is 8.64. The van der Waals surface area contributed by atoms with Gasteiger partial charge >= 0.3 is 0 Å². The van der Waals surface area contributed by atoms with Gasteiger partial charge in [-0.3, -0.25) is 9.89 Å². The molecular formula is C22H31N5O. The fraction of sp³-hybridized carbons (Fsp3) is 0.500. The quantitative estimate of drug-likeness (QED) is 0.593. The number of H-pyrrole nitrogens is 1. The number of amides is 1. The molecule has 0 bridgehead atoms. The van der Waals surface area contributed by atoms with E-state index < -0.39 is 0 Å². The minimum atomic E-state index is 0.0836. The van der Waals surface area contributed by atoms with Gasteiger partial charge < -0.3 is 10.3 Å². The van der Waals surface area contributed by atoms with E-state index in [1.165, 1.54) is 5.56 Å². The van der Waals surface area contributed by atoms with Gasteiger partial charge in [0.25, 0.3) is 0 Å². The molecule has 0 radical (unpaired) electrons. The lowest BCUT2D eigenvalue weighted by Crippen LogP contribution is -2.35. The maximum atomic E-state index is 12.2. The zero-order valence-corrected chi connectivity index (χ0v) is 17.1. The molecule has 1 aliphatic heterocycles. The van der Waals surface area contributed by atoms with Crippen molar-refractivity contribution < 1.29 is 4.79 Å². The average molecular weight is 382 g/mol. The Balaban J connectivity index is 1.52. The maximum absolute atomic E-state index is 12.2. The Hall–Kier alpha value is -2.63. The average Bonchev–Trinajstić information content (AvgIpc) is 3.12. The smallest absolute Gasteiger partial charge is 0.225 e. The van der Waals surface area contributed by atoms with Crippen LogP contribution in [0.1, 0.15) is 44.2 Å². The van der Waals surface area contributed by atoms with E-state index in [2.05, 4.69) is 45.8 Å². The summed E-state index contributed by atoms with van der Waals surface area (Å²) in [4.78, 5) is 14.2. The third kappa shape index (κ3) is 5.21. The number of nitrogens with one attached hydrogen (secondary N) is 2. The Labute approximate surface area is 167 Å². The van der Waals surface area contributed by atoms with Crippen molar-refractivity contribution in [3.8, 4) is 11.1 Å². The van der Waals surface area contributed by atoms with Gasteiger partial charge in [0, 0.05) is 37.3 Å². The Morgan fingerprint density at radius 1 is 1.36 bits per heavy atom. The van der Waals surface area contributed by atoms with Crippen LogP contribution in [0.4, 0.5) is 0 Å². The van der Waals surface area contributed by atoms with Crippen molar-refractivity contribution in [1.82, 2.24) is 20.5 Å². The van der Waals surface area contributed by atoms with Gasteiger partial charge in [0.15, 0.2) is 0 Å². The molecular weight excluding hydrogens is 350 g/mol. The van der Waals surface area contributed by atoms with Crippen molar-refractivity contribution in [1.29, 1.82) is 0 Å². The molecule has 6 nitrogen and oxygen atoms in total. The highest BCUT2D eigenvalue weighted by Crippen LogP contribution is 2.21. The molecule has 0 spiro atoms. The minimum absolute atomic E-state index is 0.0836. The molecule has 1 aromatic heterocycles. The first kappa shape index (κ1) is 20.1. The number of likely N-dealkylation sites (tertiary alicyclic amines) is 1. The molecule has 2 aromatic rings. The van der Waals surface area contributed by atoms with Gasteiger partial charge in [0.2, 0.25) is 5.91 Å². The molecule has 0 saturated carbocycles. The predicted octanol–water partition coefficient (Wildman–Crippen LogP) is 3.59. The molecule has 1 aromatic carbocycles. The van der Waals surface area contributed by atoms with Crippen LogP contribution in [-0.4, -0.2) is 46.9 Å². The van der Waals surface area contributed by atoms with Crippen molar-refractivity contribution in [3.05, 3.63) is 41.7 Å². The number of aromatic amines is 1. The first-order valence-electron chi connectivity index (χ1n) is 10.2. The van der Waals surface area contributed by atoms with Gasteiger partial charge in [-0.2, -0.15) is 10.2 Å². The molecule has 28 heavy (non-hydrogen) atoms. The summed E-state index contributed by atoms with van der Waals surface area (Å²) in [7, 11) is 0. The first-order valence-corrected chi connectivity index (χ1v) is 10.2. The van der Waals surface area contributed by atoms with Gasteiger partial charge in [0.05, 0.1) is 12.4 Å². The second kappa shape index (κ2) is 9.53. The van der Waals surface area contributed by atoms with Gasteiger partial charge in [-0.25, -0.2) is 0 Å². The largest absolute Gasteiger partial charge is 0.342 e. The summed E-state index contributed by atoms with van der Waals surface area (Å²) in [6, 6.07) is 6.34. The molecule has 2 heterocycles. The van der Waals surface area contributed by atoms with Crippen LogP contribution in [0, 0.1) is 18.8 Å². The highest BCUT2D eigenvalue weighted by molar-refractivity contribution is 5.84. The van der Waals surface area contributed by atoms with E-state index in [1.54, 1.807) is 0 Å². The van der Waals surface area contributed by atoms with Crippen molar-refractivity contribution in [2.45, 2.75) is 40.0 Å². The van der Waals surface area contributed by atoms with Crippen LogP contribution in [0.15, 0.2) is 35.7 Å². The number of carbonyl (C=O) groups is 1. The van der Waals surface area contributed by atoms with E-state index in [0.717, 1.165) is 55.6 Å². The Morgan fingerprint density at radius 3 is 2.96 bits per heavy atom. The summed E-state index contributed by atoms with van der Waals surface area (Å²) < 4.78 is 0. The third-order valence-corrected chi connectivity index (χ3v) is 5.44. The summed E-state index contributed by atoms with van der Waals surface area (Å²) in [5, 5.41) is 11.3. The molecule has 1 amide bonds. The van der Waals surface area contributed by atoms with Crippen LogP contribution >= 0.6 is 0 Å². The zero-order chi connectivity index (χ0) is 19.9. The number of aromatic nitrogens is 2. The lowest BCUT2D eigenvalue weighted by Gasteiger charge is -2.22. The normalized spacial score (nSPS) is 17.9. The fourth-order valence-electron chi connectivity index (χ4n) is 3.62. The maximum Gasteiger partial charge on any atom is 0.225 e. The number of benzene rings is 1. The van der Waals surface area contributed by atoms with E-state index in [-0.39, 0.29) is 11.8 Å². The van der Waals surface area contributed by atoms with Crippen molar-refractivity contribution in [3.63, 3.8) is 0 Å². The van der Waals surface area contributed by atoms with Crippen molar-refractivity contribution in [2.24, 2.45) is 16.9 Å². The van der Waals surface area contributed by atoms with Crippen LogP contribution in [0.25, 0.3) is 11.1 Å². The fourth-order valence-corrected chi connectivity index (χ4v) is 3.62. The first-order chi connectivity index (χ1) is 13.5. The van der Waals surface area contributed by atoms with E-state index in [9.17, 15) is 4.79 Å². The second-order valence-electron chi connectivity index (χ2n) is 7.96. The molecule has 1 fully saturated rings. The Bertz CT molecular complexity index is 797. The van der Waals surface area contributed by atoms with E-state index in [0.29, 0.717) is 5.92 Å². The summed E-state index contributed by atoms with van der Waals surface area (Å²) >= 11 is 0. The molecule has 150 valence electrons. The number of hydrogen-bond acceptors (Lipinski definition) is 4. The molecule has 0 aliphatic carbocycles. The van der Waals surface area contributed by atoms with E-state index in [4.69, 9.17) is 0 Å². The summed E-state index contributed by atoms with van der Waals surface area (Å²) in [6.07, 6.45) is 8.85. The molecule has 1 atom stereocenters. The monoisotopic (exact) mass is 381 g/mol. The lowest BCUT2D eigenvalue weighted by atomic mass is 10.0. The number of aryl methyl sites for hydroxylation is 1. The number of hydrogen-bond donors (Lipinski definition) is 2. The molecule has 1 unspecified atom stereocenters. The van der Waals surface area contributed by atoms with Crippen LogP contribution in [0.2, 0.25) is 0 Å². The summed E-state index contributed by atoms with van der Waals surface area (Å²) in [5.74, 6) is 0.917. The van der Waals surface area contributed by atoms with E-state index >= 15 is 0 Å². The van der Waals surface area contributed by atoms with Crippen LogP contribution in [-0.2, 0) is 4.79 Å². The van der Waals surface area contributed by atoms with Crippen molar-refractivity contribution in [2.75, 3.05) is 19.6 Å². The Morgan fingerprint density at radius 2 is 2.21 bits per heavy atom. The van der Waals surface area contributed by atoms with Crippen LogP contribution < -0.4 is 5.43 Å². The topological polar surface area (TPSA) is 73.4 Å². The van der Waals surface area contributed by atoms with Crippen molar-refractivity contribution >= 4 is 12.1 Å². The van der Waals surface area contributed by atoms with Gasteiger partial charge in [-0.05, 0) is 54.9 Å². The lowest BCUT2D eigenvalue weighted by molar-refractivity contribution is -0.134. The molecule has 2 N–H and O–H groups in total. The van der Waals surface area contributed by atoms with Gasteiger partial charge in [-0.15, -0.1) is 0 Å². The number of hydrazone groups is 1. The van der Waals surface area contributed by atoms with Gasteiger partial charge in [0.1, 0.15) is 0 Å². The Kier molecular flexibility index (Phi) is 6.85. The predicted molar refractivity (Wildman–Crippen MR) is 113 cm³/mol. The minimum Gasteiger partial charge on any atom is -0.342 e. The van der Waals surface area contributed by atoms with E-state index in [1.807, 2.05) is 37.4 Å². The molecule has 3 rings (SSSR count). The highest BCUT2D eigenvalue weighted by atomic mass is 16.2. The molecule has 6 heteroatoms. The number of nitrogens with zero attached hydrogens (tertiary/aromatic N) is 3. The second-order valence-corrected chi connectivity index (χ2v) is 7.96.